The molecule has 0 atom stereocenters. The molecule has 94 valence electrons. The van der Waals surface area contributed by atoms with Crippen LogP contribution in [0.3, 0.4) is 0 Å². The van der Waals surface area contributed by atoms with Crippen molar-refractivity contribution in [3.8, 4) is 5.75 Å². The number of benzene rings is 1. The third-order valence-electron chi connectivity index (χ3n) is 2.23. The minimum atomic E-state index is -0.482. The highest BCUT2D eigenvalue weighted by atomic mass is 79.9. The summed E-state index contributed by atoms with van der Waals surface area (Å²) in [6.45, 7) is 1.78. The topological polar surface area (TPSA) is 76.4 Å². The van der Waals surface area contributed by atoms with Gasteiger partial charge in [-0.05, 0) is 35.0 Å². The maximum atomic E-state index is 13.3. The van der Waals surface area contributed by atoms with Crippen LogP contribution in [-0.2, 0) is 0 Å². The van der Waals surface area contributed by atoms with Gasteiger partial charge in [-0.15, -0.1) is 0 Å². The molecule has 0 bridgehead atoms. The number of aryl methyl sites for hydroxylation is 1. The lowest BCUT2D eigenvalue weighted by molar-refractivity contribution is 0.471. The van der Waals surface area contributed by atoms with Crippen LogP contribution in [0, 0.1) is 12.7 Å². The van der Waals surface area contributed by atoms with Crippen LogP contribution in [0.5, 0.6) is 5.75 Å². The fourth-order valence-electron chi connectivity index (χ4n) is 1.38. The largest absolute Gasteiger partial charge is 0.507 e. The minimum absolute atomic E-state index is 0.0811. The number of phenolic OH excluding ortho intramolecular Hbond substituents is 1. The number of hydrogen-bond acceptors (Lipinski definition) is 4. The van der Waals surface area contributed by atoms with E-state index in [1.807, 2.05) is 0 Å². The van der Waals surface area contributed by atoms with Gasteiger partial charge in [0, 0.05) is 5.56 Å². The predicted octanol–water partition coefficient (Wildman–Crippen LogP) is 2.26. The summed E-state index contributed by atoms with van der Waals surface area (Å²) in [7, 11) is 0. The molecule has 0 amide bonds. The normalized spacial score (nSPS) is 11.3. The van der Waals surface area contributed by atoms with Crippen LogP contribution < -0.4 is 5.73 Å². The van der Waals surface area contributed by atoms with Gasteiger partial charge in [-0.25, -0.2) is 14.1 Å². The first-order chi connectivity index (χ1) is 8.47. The Balaban J connectivity index is 2.34. The molecular weight excluding hydrogens is 303 g/mol. The number of rotatable bonds is 2. The lowest BCUT2D eigenvalue weighted by Crippen LogP contribution is -1.97. The number of nitrogens with zero attached hydrogens (tertiary/aromatic N) is 3. The van der Waals surface area contributed by atoms with Crippen molar-refractivity contribution < 1.29 is 9.50 Å². The summed E-state index contributed by atoms with van der Waals surface area (Å²) in [5.41, 5.74) is 6.56. The molecule has 18 heavy (non-hydrogen) atoms. The maximum Gasteiger partial charge on any atom is 0.221 e. The summed E-state index contributed by atoms with van der Waals surface area (Å²) in [5.74, 6) is -0.340. The Morgan fingerprint density at radius 1 is 1.56 bits per heavy atom. The molecule has 0 unspecified atom stereocenters. The summed E-state index contributed by atoms with van der Waals surface area (Å²) < 4.78 is 14.8. The van der Waals surface area contributed by atoms with Gasteiger partial charge >= 0.3 is 0 Å². The smallest absolute Gasteiger partial charge is 0.221 e. The van der Waals surface area contributed by atoms with E-state index < -0.39 is 5.82 Å². The second kappa shape index (κ2) is 4.77. The molecule has 0 spiro atoms. The average molecular weight is 313 g/mol. The van der Waals surface area contributed by atoms with Crippen molar-refractivity contribution in [2.45, 2.75) is 6.92 Å². The summed E-state index contributed by atoms with van der Waals surface area (Å²) in [5, 5.41) is 13.6. The fourth-order valence-corrected chi connectivity index (χ4v) is 1.71. The first-order valence-corrected chi connectivity index (χ1v) is 5.80. The number of imidazole rings is 1. The van der Waals surface area contributed by atoms with E-state index >= 15 is 0 Å². The van der Waals surface area contributed by atoms with E-state index in [0.717, 1.165) is 5.69 Å². The molecule has 7 heteroatoms. The van der Waals surface area contributed by atoms with Gasteiger partial charge in [-0.1, -0.05) is 0 Å². The van der Waals surface area contributed by atoms with Crippen molar-refractivity contribution in [1.29, 1.82) is 0 Å². The van der Waals surface area contributed by atoms with E-state index in [2.05, 4.69) is 26.0 Å². The molecule has 1 heterocycles. The van der Waals surface area contributed by atoms with Crippen molar-refractivity contribution in [2.24, 2.45) is 5.10 Å². The predicted molar refractivity (Wildman–Crippen MR) is 70.1 cm³/mol. The van der Waals surface area contributed by atoms with Gasteiger partial charge in [0.2, 0.25) is 5.95 Å². The lowest BCUT2D eigenvalue weighted by atomic mass is 10.2. The number of aromatic nitrogens is 2. The van der Waals surface area contributed by atoms with E-state index in [1.54, 1.807) is 13.1 Å². The van der Waals surface area contributed by atoms with Crippen molar-refractivity contribution in [2.75, 3.05) is 5.73 Å². The molecule has 3 N–H and O–H groups in total. The molecule has 1 aromatic carbocycles. The molecule has 0 saturated carbocycles. The van der Waals surface area contributed by atoms with Crippen LogP contribution in [0.2, 0.25) is 0 Å². The highest BCUT2D eigenvalue weighted by Gasteiger charge is 2.06. The quantitative estimate of drug-likeness (QED) is 0.835. The Hall–Kier alpha value is -1.89. The van der Waals surface area contributed by atoms with Gasteiger partial charge in [0.25, 0.3) is 0 Å². The first-order valence-electron chi connectivity index (χ1n) is 5.01. The van der Waals surface area contributed by atoms with Gasteiger partial charge in [0.1, 0.15) is 11.6 Å². The van der Waals surface area contributed by atoms with Crippen LogP contribution in [-0.4, -0.2) is 21.0 Å². The van der Waals surface area contributed by atoms with E-state index in [0.29, 0.717) is 0 Å². The number of anilines is 1. The molecule has 0 aliphatic heterocycles. The molecule has 5 nitrogen and oxygen atoms in total. The number of aromatic hydroxyl groups is 1. The Labute approximate surface area is 111 Å². The maximum absolute atomic E-state index is 13.3. The molecule has 0 saturated heterocycles. The summed E-state index contributed by atoms with van der Waals surface area (Å²) in [4.78, 5) is 3.96. The number of hydrogen-bond donors (Lipinski definition) is 2. The number of nitrogens with two attached hydrogens (primary N) is 1. The molecule has 2 rings (SSSR count). The van der Waals surface area contributed by atoms with Crippen molar-refractivity contribution >= 4 is 28.1 Å². The molecule has 0 aliphatic rings. The second-order valence-electron chi connectivity index (χ2n) is 3.65. The van der Waals surface area contributed by atoms with Crippen LogP contribution in [0.25, 0.3) is 0 Å². The van der Waals surface area contributed by atoms with E-state index in [9.17, 15) is 9.50 Å². The van der Waals surface area contributed by atoms with Gasteiger partial charge in [-0.3, -0.25) is 0 Å². The molecule has 2 aromatic rings. The zero-order valence-electron chi connectivity index (χ0n) is 9.43. The molecular formula is C11H10BrFN4O. The second-order valence-corrected chi connectivity index (χ2v) is 4.51. The Morgan fingerprint density at radius 3 is 2.89 bits per heavy atom. The zero-order valence-corrected chi connectivity index (χ0v) is 11.0. The van der Waals surface area contributed by atoms with Gasteiger partial charge in [0.05, 0.1) is 22.6 Å². The van der Waals surface area contributed by atoms with E-state index in [1.165, 1.54) is 23.0 Å². The monoisotopic (exact) mass is 312 g/mol. The van der Waals surface area contributed by atoms with E-state index in [-0.39, 0.29) is 21.7 Å². The van der Waals surface area contributed by atoms with Crippen molar-refractivity contribution in [3.05, 3.63) is 39.9 Å². The van der Waals surface area contributed by atoms with Crippen molar-refractivity contribution in [3.63, 3.8) is 0 Å². The number of nitrogen functional groups attached to an aromatic ring is 1. The third-order valence-corrected chi connectivity index (χ3v) is 2.83. The molecule has 1 aromatic heterocycles. The Bertz CT molecular complexity index is 624. The summed E-state index contributed by atoms with van der Waals surface area (Å²) in [6, 6.07) is 2.43. The van der Waals surface area contributed by atoms with Crippen LogP contribution in [0.15, 0.2) is 27.9 Å². The first kappa shape index (κ1) is 12.6. The third kappa shape index (κ3) is 2.51. The standard InChI is InChI=1S/C11H10BrFN4O/c1-6-5-17(11(14)16-6)15-4-7-2-9(13)8(12)3-10(7)18/h2-5,18H,1H3,(H2,14,16). The number of phenols is 1. The molecule has 0 fully saturated rings. The lowest BCUT2D eigenvalue weighted by Gasteiger charge is -2.01. The van der Waals surface area contributed by atoms with Gasteiger partial charge in [0.15, 0.2) is 0 Å². The van der Waals surface area contributed by atoms with E-state index in [4.69, 9.17) is 5.73 Å². The van der Waals surface area contributed by atoms with Gasteiger partial charge < -0.3 is 10.8 Å². The Morgan fingerprint density at radius 2 is 2.28 bits per heavy atom. The van der Waals surface area contributed by atoms with Crippen LogP contribution >= 0.6 is 15.9 Å². The number of halogens is 2. The van der Waals surface area contributed by atoms with Crippen molar-refractivity contribution in [1.82, 2.24) is 9.66 Å². The zero-order chi connectivity index (χ0) is 13.3. The highest BCUT2D eigenvalue weighted by molar-refractivity contribution is 9.10. The summed E-state index contributed by atoms with van der Waals surface area (Å²) in [6.07, 6.45) is 2.93. The highest BCUT2D eigenvalue weighted by Crippen LogP contribution is 2.24. The Kier molecular flexibility index (Phi) is 3.33. The fraction of sp³-hybridized carbons (Fsp3) is 0.0909. The average Bonchev–Trinajstić information content (AvgIpc) is 2.61. The van der Waals surface area contributed by atoms with Crippen LogP contribution in [0.1, 0.15) is 11.3 Å². The van der Waals surface area contributed by atoms with Crippen LogP contribution in [0.4, 0.5) is 10.3 Å². The summed E-state index contributed by atoms with van der Waals surface area (Å²) >= 11 is 2.98. The van der Waals surface area contributed by atoms with Gasteiger partial charge in [-0.2, -0.15) is 5.10 Å². The minimum Gasteiger partial charge on any atom is -0.507 e. The SMILES string of the molecule is Cc1cn(N=Cc2cc(F)c(Br)cc2O)c(N)n1. The molecule has 0 aliphatic carbocycles. The molecule has 0 radical (unpaired) electrons.